The second-order valence-corrected chi connectivity index (χ2v) is 1.08. The summed E-state index contributed by atoms with van der Waals surface area (Å²) in [5, 5.41) is 1.64. The maximum absolute atomic E-state index is 5.04. The molecule has 0 aliphatic rings. The molecule has 0 radical (unpaired) electrons. The molecular formula is C3H8ClNS. The van der Waals surface area contributed by atoms with Crippen molar-refractivity contribution in [1.29, 1.82) is 0 Å². The van der Waals surface area contributed by atoms with Crippen molar-refractivity contribution in [2.24, 2.45) is 5.73 Å². The Labute approximate surface area is 49.3 Å². The lowest BCUT2D eigenvalue weighted by molar-refractivity contribution is 1.07. The van der Waals surface area contributed by atoms with Gasteiger partial charge in [-0.05, 0) is 18.3 Å². The molecule has 0 aromatic carbocycles. The highest BCUT2D eigenvalue weighted by molar-refractivity contribution is 7.78. The van der Waals surface area contributed by atoms with E-state index in [-0.39, 0.29) is 12.4 Å². The smallest absolute Gasteiger partial charge is 0.00344 e. The average Bonchev–Trinajstić information content (AvgIpc) is 1.41. The van der Waals surface area contributed by atoms with Crippen LogP contribution in [0, 0.1) is 0 Å². The minimum absolute atomic E-state index is 0. The minimum Gasteiger partial charge on any atom is -0.330 e. The third-order valence-electron chi connectivity index (χ3n) is 0.285. The third kappa shape index (κ3) is 8.84. The van der Waals surface area contributed by atoms with Gasteiger partial charge >= 0.3 is 0 Å². The second-order valence-electron chi connectivity index (χ2n) is 0.744. The van der Waals surface area contributed by atoms with Crippen LogP contribution >= 0.6 is 24.6 Å². The molecule has 0 spiro atoms. The Balaban J connectivity index is 0. The summed E-state index contributed by atoms with van der Waals surface area (Å²) < 4.78 is 0. The van der Waals surface area contributed by atoms with Crippen molar-refractivity contribution in [1.82, 2.24) is 0 Å². The van der Waals surface area contributed by atoms with Crippen LogP contribution < -0.4 is 5.73 Å². The van der Waals surface area contributed by atoms with E-state index < -0.39 is 0 Å². The Bertz CT molecular complexity index is 32.0. The van der Waals surface area contributed by atoms with Gasteiger partial charge in [-0.25, -0.2) is 0 Å². The summed E-state index contributed by atoms with van der Waals surface area (Å²) >= 11 is 4.45. The van der Waals surface area contributed by atoms with Crippen molar-refractivity contribution >= 4 is 30.0 Å². The molecule has 0 saturated carbocycles. The first-order chi connectivity index (χ1) is 2.41. The van der Waals surface area contributed by atoms with Gasteiger partial charge in [0.15, 0.2) is 0 Å². The van der Waals surface area contributed by atoms with Crippen LogP contribution in [0.25, 0.3) is 0 Å². The number of thiocarbonyl (C=S) groups is 1. The lowest BCUT2D eigenvalue weighted by atomic mass is 10.5. The van der Waals surface area contributed by atoms with Gasteiger partial charge in [0.2, 0.25) is 0 Å². The molecule has 2 N–H and O–H groups in total. The van der Waals surface area contributed by atoms with Gasteiger partial charge in [-0.15, -0.1) is 12.4 Å². The Hall–Kier alpha value is 0.340. The first-order valence-electron chi connectivity index (χ1n) is 1.55. The van der Waals surface area contributed by atoms with Gasteiger partial charge in [-0.1, -0.05) is 12.2 Å². The first kappa shape index (κ1) is 9.60. The number of hydrogen-bond acceptors (Lipinski definition) is 2. The number of hydrogen-bond donors (Lipinski definition) is 1. The predicted molar refractivity (Wildman–Crippen MR) is 34.6 cm³/mol. The van der Waals surface area contributed by atoms with Crippen molar-refractivity contribution < 1.29 is 0 Å². The van der Waals surface area contributed by atoms with Gasteiger partial charge in [0.05, 0.1) is 0 Å². The van der Waals surface area contributed by atoms with E-state index in [9.17, 15) is 0 Å². The monoisotopic (exact) mass is 125 g/mol. The summed E-state index contributed by atoms with van der Waals surface area (Å²) in [6, 6.07) is 0. The number of rotatable bonds is 2. The van der Waals surface area contributed by atoms with E-state index in [0.29, 0.717) is 6.54 Å². The van der Waals surface area contributed by atoms with Crippen LogP contribution in [0.3, 0.4) is 0 Å². The second kappa shape index (κ2) is 9.02. The molecule has 1 nitrogen and oxygen atoms in total. The highest BCUT2D eigenvalue weighted by Crippen LogP contribution is 1.60. The topological polar surface area (TPSA) is 26.0 Å². The molecule has 0 aliphatic heterocycles. The Kier molecular flexibility index (Phi) is 14.4. The van der Waals surface area contributed by atoms with Crippen molar-refractivity contribution in [2.75, 3.05) is 6.54 Å². The fourth-order valence-electron chi connectivity index (χ4n) is 0.0680. The molecule has 0 aliphatic carbocycles. The molecule has 38 valence electrons. The molecule has 0 rings (SSSR count). The molecule has 0 bridgehead atoms. The lowest BCUT2D eigenvalue weighted by Gasteiger charge is -1.72. The van der Waals surface area contributed by atoms with E-state index in [1.807, 2.05) is 0 Å². The molecule has 3 heteroatoms. The molecule has 0 saturated heterocycles. The van der Waals surface area contributed by atoms with Crippen LogP contribution in [-0.2, 0) is 0 Å². The van der Waals surface area contributed by atoms with Crippen molar-refractivity contribution in [3.05, 3.63) is 0 Å². The molecule has 0 aromatic rings. The first-order valence-corrected chi connectivity index (χ1v) is 2.02. The Morgan fingerprint density at radius 1 is 1.67 bits per heavy atom. The largest absolute Gasteiger partial charge is 0.330 e. The molecule has 0 unspecified atom stereocenters. The zero-order chi connectivity index (χ0) is 4.12. The van der Waals surface area contributed by atoms with Crippen LogP contribution in [-0.4, -0.2) is 11.9 Å². The van der Waals surface area contributed by atoms with Gasteiger partial charge in [-0.2, -0.15) is 0 Å². The standard InChI is InChI=1S/C3H7NS.ClH/c4-2-1-3-5;/h3H,1-2,4H2;1H. The average molecular weight is 126 g/mol. The summed E-state index contributed by atoms with van der Waals surface area (Å²) in [5.41, 5.74) is 5.04. The highest BCUT2D eigenvalue weighted by Gasteiger charge is 1.63. The Morgan fingerprint density at radius 3 is 2.17 bits per heavy atom. The summed E-state index contributed by atoms with van der Waals surface area (Å²) in [6.45, 7) is 0.684. The molecule has 0 atom stereocenters. The van der Waals surface area contributed by atoms with E-state index in [4.69, 9.17) is 5.73 Å². The number of halogens is 1. The predicted octanol–water partition coefficient (Wildman–Crippen LogP) is 0.757. The quantitative estimate of drug-likeness (QED) is 0.552. The molecule has 0 fully saturated rings. The normalized spacial score (nSPS) is 6.17. The summed E-state index contributed by atoms with van der Waals surface area (Å²) in [6.07, 6.45) is 0.856. The summed E-state index contributed by atoms with van der Waals surface area (Å²) in [5.74, 6) is 0. The van der Waals surface area contributed by atoms with E-state index in [1.54, 1.807) is 5.37 Å². The maximum atomic E-state index is 5.04. The minimum atomic E-state index is 0. The van der Waals surface area contributed by atoms with Crippen LogP contribution in [0.15, 0.2) is 0 Å². The SMILES string of the molecule is Cl.NCCC=S. The van der Waals surface area contributed by atoms with Crippen molar-refractivity contribution in [3.63, 3.8) is 0 Å². The van der Waals surface area contributed by atoms with Gasteiger partial charge in [0.1, 0.15) is 0 Å². The third-order valence-corrected chi connectivity index (χ3v) is 0.520. The zero-order valence-electron chi connectivity index (χ0n) is 3.39. The molecule has 0 aromatic heterocycles. The van der Waals surface area contributed by atoms with E-state index >= 15 is 0 Å². The van der Waals surface area contributed by atoms with E-state index in [1.165, 1.54) is 0 Å². The van der Waals surface area contributed by atoms with Crippen molar-refractivity contribution in [2.45, 2.75) is 6.42 Å². The molecule has 6 heavy (non-hydrogen) atoms. The van der Waals surface area contributed by atoms with Crippen molar-refractivity contribution in [3.8, 4) is 0 Å². The fourth-order valence-corrected chi connectivity index (χ4v) is 0.204. The van der Waals surface area contributed by atoms with Gasteiger partial charge in [-0.3, -0.25) is 0 Å². The van der Waals surface area contributed by atoms with Gasteiger partial charge in [0, 0.05) is 0 Å². The van der Waals surface area contributed by atoms with Crippen LogP contribution in [0.5, 0.6) is 0 Å². The van der Waals surface area contributed by atoms with Crippen LogP contribution in [0.4, 0.5) is 0 Å². The zero-order valence-corrected chi connectivity index (χ0v) is 5.02. The van der Waals surface area contributed by atoms with E-state index in [2.05, 4.69) is 12.2 Å². The summed E-state index contributed by atoms with van der Waals surface area (Å²) in [7, 11) is 0. The molecule has 0 amide bonds. The van der Waals surface area contributed by atoms with Crippen LogP contribution in [0.1, 0.15) is 6.42 Å². The fraction of sp³-hybridized carbons (Fsp3) is 0.667. The molecular weight excluding hydrogens is 118 g/mol. The summed E-state index contributed by atoms with van der Waals surface area (Å²) in [4.78, 5) is 0. The van der Waals surface area contributed by atoms with Gasteiger partial charge in [0.25, 0.3) is 0 Å². The molecule has 0 heterocycles. The van der Waals surface area contributed by atoms with Gasteiger partial charge < -0.3 is 5.73 Å². The Morgan fingerprint density at radius 2 is 2.17 bits per heavy atom. The highest BCUT2D eigenvalue weighted by atomic mass is 35.5. The van der Waals surface area contributed by atoms with E-state index in [0.717, 1.165) is 6.42 Å². The number of nitrogens with two attached hydrogens (primary N) is 1. The lowest BCUT2D eigenvalue weighted by Crippen LogP contribution is -1.96. The van der Waals surface area contributed by atoms with Crippen LogP contribution in [0.2, 0.25) is 0 Å². The maximum Gasteiger partial charge on any atom is -0.00344 e.